The van der Waals surface area contributed by atoms with Gasteiger partial charge in [-0.1, -0.05) is 6.07 Å². The summed E-state index contributed by atoms with van der Waals surface area (Å²) < 4.78 is 16.2. The van der Waals surface area contributed by atoms with Crippen LogP contribution in [0.5, 0.6) is 23.0 Å². The van der Waals surface area contributed by atoms with E-state index in [1.165, 1.54) is 6.07 Å². The number of phenols is 2. The molecule has 0 radical (unpaired) electrons. The van der Waals surface area contributed by atoms with Crippen molar-refractivity contribution in [2.24, 2.45) is 11.8 Å². The van der Waals surface area contributed by atoms with E-state index in [4.69, 9.17) is 14.2 Å². The zero-order chi connectivity index (χ0) is 18.7. The second-order valence-corrected chi connectivity index (χ2v) is 6.58. The summed E-state index contributed by atoms with van der Waals surface area (Å²) in [6.07, 6.45) is -0.0892. The number of phenolic OH excluding ortho intramolecular Hbond substituents is 2. The molecule has 0 spiro atoms. The molecule has 6 heteroatoms. The SMILES string of the molecule is COc1cc(OC)cc([C@@H](O)[C@H]2COC[C@@H]2Cc2ccc(O)c(O)c2)c1. The maximum absolute atomic E-state index is 10.9. The molecule has 0 bridgehead atoms. The van der Waals surface area contributed by atoms with Gasteiger partial charge in [-0.15, -0.1) is 0 Å². The molecule has 3 atom stereocenters. The third kappa shape index (κ3) is 3.86. The van der Waals surface area contributed by atoms with Crippen molar-refractivity contribution in [1.82, 2.24) is 0 Å². The molecule has 6 nitrogen and oxygen atoms in total. The average molecular weight is 360 g/mol. The molecule has 0 aliphatic carbocycles. The summed E-state index contributed by atoms with van der Waals surface area (Å²) in [5.41, 5.74) is 1.60. The molecule has 2 aromatic rings. The molecule has 1 fully saturated rings. The van der Waals surface area contributed by atoms with Gasteiger partial charge in [0.15, 0.2) is 11.5 Å². The van der Waals surface area contributed by atoms with Crippen molar-refractivity contribution < 1.29 is 29.5 Å². The Hall–Kier alpha value is -2.44. The lowest BCUT2D eigenvalue weighted by molar-refractivity contribution is 0.0808. The zero-order valence-electron chi connectivity index (χ0n) is 14.9. The molecule has 1 heterocycles. The molecule has 26 heavy (non-hydrogen) atoms. The normalized spacial score (nSPS) is 20.7. The first kappa shape index (κ1) is 18.4. The van der Waals surface area contributed by atoms with Crippen LogP contribution in [0.1, 0.15) is 17.2 Å². The molecule has 0 aromatic heterocycles. The van der Waals surface area contributed by atoms with Gasteiger partial charge in [-0.2, -0.15) is 0 Å². The highest BCUT2D eigenvalue weighted by Gasteiger charge is 2.35. The smallest absolute Gasteiger partial charge is 0.157 e. The Bertz CT molecular complexity index is 738. The molecule has 3 N–H and O–H groups in total. The zero-order valence-corrected chi connectivity index (χ0v) is 14.9. The maximum atomic E-state index is 10.9. The van der Waals surface area contributed by atoms with E-state index in [1.807, 2.05) is 0 Å². The highest BCUT2D eigenvalue weighted by Crippen LogP contribution is 2.38. The van der Waals surface area contributed by atoms with Gasteiger partial charge >= 0.3 is 0 Å². The van der Waals surface area contributed by atoms with Crippen LogP contribution >= 0.6 is 0 Å². The van der Waals surface area contributed by atoms with E-state index in [0.717, 1.165) is 11.1 Å². The summed E-state index contributed by atoms with van der Waals surface area (Å²) in [4.78, 5) is 0. The number of hydrogen-bond acceptors (Lipinski definition) is 6. The third-order valence-corrected chi connectivity index (χ3v) is 4.91. The Morgan fingerprint density at radius 2 is 1.69 bits per heavy atom. The van der Waals surface area contributed by atoms with E-state index >= 15 is 0 Å². The summed E-state index contributed by atoms with van der Waals surface area (Å²) in [6.45, 7) is 0.986. The standard InChI is InChI=1S/C20H24O6/c1-24-15-7-13(8-16(9-15)25-2)20(23)17-11-26-10-14(17)5-12-3-4-18(21)19(22)6-12/h3-4,6-9,14,17,20-23H,5,10-11H2,1-2H3/t14-,17-,20+/m0/s1. The Morgan fingerprint density at radius 1 is 1.00 bits per heavy atom. The minimum Gasteiger partial charge on any atom is -0.504 e. The number of aliphatic hydroxyl groups is 1. The fourth-order valence-corrected chi connectivity index (χ4v) is 3.42. The van der Waals surface area contributed by atoms with Crippen molar-refractivity contribution in [2.45, 2.75) is 12.5 Å². The number of aliphatic hydroxyl groups excluding tert-OH is 1. The second-order valence-electron chi connectivity index (χ2n) is 6.58. The van der Waals surface area contributed by atoms with E-state index in [2.05, 4.69) is 0 Å². The van der Waals surface area contributed by atoms with Crippen molar-refractivity contribution >= 4 is 0 Å². The number of aromatic hydroxyl groups is 2. The first-order chi connectivity index (χ1) is 12.5. The number of ether oxygens (including phenoxy) is 3. The van der Waals surface area contributed by atoms with Gasteiger partial charge < -0.3 is 29.5 Å². The fraction of sp³-hybridized carbons (Fsp3) is 0.400. The van der Waals surface area contributed by atoms with Crippen LogP contribution in [-0.2, 0) is 11.2 Å². The van der Waals surface area contributed by atoms with Crippen LogP contribution in [0.4, 0.5) is 0 Å². The first-order valence-corrected chi connectivity index (χ1v) is 8.51. The highest BCUT2D eigenvalue weighted by molar-refractivity contribution is 5.41. The minimum absolute atomic E-state index is 0.0890. The largest absolute Gasteiger partial charge is 0.504 e. The van der Waals surface area contributed by atoms with E-state index in [1.54, 1.807) is 44.6 Å². The molecule has 0 unspecified atom stereocenters. The number of rotatable bonds is 6. The quantitative estimate of drug-likeness (QED) is 0.687. The highest BCUT2D eigenvalue weighted by atomic mass is 16.5. The van der Waals surface area contributed by atoms with Crippen molar-refractivity contribution in [3.63, 3.8) is 0 Å². The summed E-state index contributed by atoms with van der Waals surface area (Å²) >= 11 is 0. The van der Waals surface area contributed by atoms with Crippen LogP contribution < -0.4 is 9.47 Å². The first-order valence-electron chi connectivity index (χ1n) is 8.51. The average Bonchev–Trinajstić information content (AvgIpc) is 3.11. The van der Waals surface area contributed by atoms with Gasteiger partial charge in [0, 0.05) is 12.0 Å². The molecule has 1 aliphatic heterocycles. The summed E-state index contributed by atoms with van der Waals surface area (Å²) in [6, 6.07) is 10.2. The van der Waals surface area contributed by atoms with E-state index in [9.17, 15) is 15.3 Å². The molecule has 2 aromatic carbocycles. The molecule has 0 amide bonds. The van der Waals surface area contributed by atoms with Gasteiger partial charge in [0.1, 0.15) is 11.5 Å². The lowest BCUT2D eigenvalue weighted by atomic mass is 9.83. The predicted octanol–water partition coefficient (Wildman–Crippen LogP) is 2.65. The Kier molecular flexibility index (Phi) is 5.54. The van der Waals surface area contributed by atoms with Crippen LogP contribution in [0.3, 0.4) is 0 Å². The topological polar surface area (TPSA) is 88.4 Å². The van der Waals surface area contributed by atoms with Crippen LogP contribution in [0.2, 0.25) is 0 Å². The van der Waals surface area contributed by atoms with Gasteiger partial charge in [-0.05, 0) is 47.7 Å². The van der Waals surface area contributed by atoms with Gasteiger partial charge in [0.25, 0.3) is 0 Å². The molecule has 140 valence electrons. The lowest BCUT2D eigenvalue weighted by Gasteiger charge is -2.24. The lowest BCUT2D eigenvalue weighted by Crippen LogP contribution is -2.22. The van der Waals surface area contributed by atoms with E-state index in [0.29, 0.717) is 31.1 Å². The molecule has 0 saturated carbocycles. The number of methoxy groups -OCH3 is 2. The van der Waals surface area contributed by atoms with Crippen LogP contribution in [0, 0.1) is 11.8 Å². The van der Waals surface area contributed by atoms with Crippen molar-refractivity contribution in [3.8, 4) is 23.0 Å². The Labute approximate surface area is 152 Å². The third-order valence-electron chi connectivity index (χ3n) is 4.91. The van der Waals surface area contributed by atoms with Crippen LogP contribution in [-0.4, -0.2) is 42.8 Å². The fourth-order valence-electron chi connectivity index (χ4n) is 3.42. The van der Waals surface area contributed by atoms with Crippen molar-refractivity contribution in [1.29, 1.82) is 0 Å². The van der Waals surface area contributed by atoms with Crippen molar-refractivity contribution in [3.05, 3.63) is 47.5 Å². The number of hydrogen-bond donors (Lipinski definition) is 3. The van der Waals surface area contributed by atoms with Gasteiger partial charge in [0.05, 0.1) is 33.5 Å². The number of benzene rings is 2. The molecule has 1 saturated heterocycles. The summed E-state index contributed by atoms with van der Waals surface area (Å²) in [7, 11) is 3.15. The van der Waals surface area contributed by atoms with Crippen LogP contribution in [0.15, 0.2) is 36.4 Å². The maximum Gasteiger partial charge on any atom is 0.157 e. The van der Waals surface area contributed by atoms with E-state index < -0.39 is 6.10 Å². The molecular formula is C20H24O6. The minimum atomic E-state index is -0.725. The molecular weight excluding hydrogens is 336 g/mol. The molecule has 3 rings (SSSR count). The van der Waals surface area contributed by atoms with Crippen LogP contribution in [0.25, 0.3) is 0 Å². The van der Waals surface area contributed by atoms with E-state index in [-0.39, 0.29) is 23.3 Å². The molecule has 1 aliphatic rings. The second kappa shape index (κ2) is 7.85. The Morgan fingerprint density at radius 3 is 2.31 bits per heavy atom. The van der Waals surface area contributed by atoms with Crippen molar-refractivity contribution in [2.75, 3.05) is 27.4 Å². The Balaban J connectivity index is 1.79. The van der Waals surface area contributed by atoms with Gasteiger partial charge in [0.2, 0.25) is 0 Å². The predicted molar refractivity (Wildman–Crippen MR) is 95.8 cm³/mol. The summed E-state index contributed by atoms with van der Waals surface area (Å²) in [5, 5.41) is 30.1. The summed E-state index contributed by atoms with van der Waals surface area (Å²) in [5.74, 6) is 0.955. The monoisotopic (exact) mass is 360 g/mol. The van der Waals surface area contributed by atoms with Gasteiger partial charge in [-0.25, -0.2) is 0 Å². The van der Waals surface area contributed by atoms with Gasteiger partial charge in [-0.3, -0.25) is 0 Å².